The van der Waals surface area contributed by atoms with Crippen LogP contribution in [0.1, 0.15) is 36.0 Å². The third-order valence-electron chi connectivity index (χ3n) is 5.71. The zero-order valence-corrected chi connectivity index (χ0v) is 17.1. The van der Waals surface area contributed by atoms with Crippen LogP contribution in [0.4, 0.5) is 0 Å². The summed E-state index contributed by atoms with van der Waals surface area (Å²) in [6.07, 6.45) is 5.99. The van der Waals surface area contributed by atoms with Gasteiger partial charge < -0.3 is 15.4 Å². The highest BCUT2D eigenvalue weighted by atomic mass is 35.5. The summed E-state index contributed by atoms with van der Waals surface area (Å²) in [5, 5.41) is 18.9. The van der Waals surface area contributed by atoms with Gasteiger partial charge in [0.1, 0.15) is 16.9 Å². The van der Waals surface area contributed by atoms with Crippen LogP contribution in [-0.4, -0.2) is 47.9 Å². The number of hydrogen-bond acceptors (Lipinski definition) is 5. The number of aliphatic hydroxyl groups excluding tert-OH is 1. The maximum absolute atomic E-state index is 12.9. The van der Waals surface area contributed by atoms with Crippen molar-refractivity contribution in [3.05, 3.63) is 41.2 Å². The van der Waals surface area contributed by atoms with Crippen LogP contribution in [0.5, 0.6) is 0 Å². The molecule has 0 saturated heterocycles. The lowest BCUT2D eigenvalue weighted by atomic mass is 9.93. The molecule has 1 aromatic carbocycles. The number of rotatable bonds is 3. The van der Waals surface area contributed by atoms with Crippen molar-refractivity contribution in [3.63, 3.8) is 0 Å². The normalized spacial score (nSPS) is 19.4. The third kappa shape index (κ3) is 3.32. The maximum Gasteiger partial charge on any atom is 0.255 e. The highest BCUT2D eigenvalue weighted by Crippen LogP contribution is 2.29. The molecule has 1 aliphatic carbocycles. The zero-order valence-electron chi connectivity index (χ0n) is 16.4. The molecule has 3 heterocycles. The van der Waals surface area contributed by atoms with Gasteiger partial charge in [0.2, 0.25) is 0 Å². The van der Waals surface area contributed by atoms with E-state index in [1.807, 2.05) is 25.2 Å². The number of aromatic nitrogens is 5. The predicted octanol–water partition coefficient (Wildman–Crippen LogP) is 3.20. The number of halogens is 1. The molecule has 0 unspecified atom stereocenters. The van der Waals surface area contributed by atoms with Crippen LogP contribution in [0.2, 0.25) is 5.02 Å². The largest absolute Gasteiger partial charge is 0.393 e. The number of nitrogens with one attached hydrogen (secondary N) is 2. The molecule has 0 aliphatic heterocycles. The molecule has 9 heteroatoms. The third-order valence-corrected chi connectivity index (χ3v) is 5.95. The number of H-pyrrole nitrogens is 1. The molecule has 1 aliphatic rings. The first kappa shape index (κ1) is 19.0. The van der Waals surface area contributed by atoms with E-state index < -0.39 is 0 Å². The molecule has 8 nitrogen and oxygen atoms in total. The summed E-state index contributed by atoms with van der Waals surface area (Å²) < 4.78 is 1.75. The molecule has 3 aromatic heterocycles. The van der Waals surface area contributed by atoms with Crippen LogP contribution in [0.25, 0.3) is 33.5 Å². The van der Waals surface area contributed by atoms with Gasteiger partial charge in [-0.2, -0.15) is 5.10 Å². The maximum atomic E-state index is 12.9. The Morgan fingerprint density at radius 1 is 1.30 bits per heavy atom. The standard InChI is InChI=1S/C21H21ClN6O2/c1-28-17-8-11(22)2-7-14(17)18(27-28)16-10-24-20-19(26-16)15(9-23-20)21(30)25-12-3-5-13(29)6-4-12/h2,7-10,12-13,29H,3-6H2,1H3,(H,23,24)(H,25,30). The highest BCUT2D eigenvalue weighted by molar-refractivity contribution is 6.31. The molecular weight excluding hydrogens is 404 g/mol. The Labute approximate surface area is 177 Å². The van der Waals surface area contributed by atoms with Crippen molar-refractivity contribution in [2.45, 2.75) is 37.8 Å². The van der Waals surface area contributed by atoms with E-state index >= 15 is 0 Å². The SMILES string of the molecule is Cn1nc(-c2cnc3[nH]cc(C(=O)NC4CCC(O)CC4)c3n2)c2ccc(Cl)cc21. The van der Waals surface area contributed by atoms with Crippen molar-refractivity contribution in [1.29, 1.82) is 0 Å². The fourth-order valence-corrected chi connectivity index (χ4v) is 4.25. The van der Waals surface area contributed by atoms with Gasteiger partial charge in [0.15, 0.2) is 5.65 Å². The van der Waals surface area contributed by atoms with Crippen LogP contribution in [0, 0.1) is 0 Å². The van der Waals surface area contributed by atoms with Crippen molar-refractivity contribution in [2.24, 2.45) is 7.05 Å². The average Bonchev–Trinajstić information content (AvgIpc) is 3.30. The Kier molecular flexibility index (Phi) is 4.67. The summed E-state index contributed by atoms with van der Waals surface area (Å²) in [6.45, 7) is 0. The fourth-order valence-electron chi connectivity index (χ4n) is 4.08. The predicted molar refractivity (Wildman–Crippen MR) is 114 cm³/mol. The Morgan fingerprint density at radius 2 is 2.10 bits per heavy atom. The van der Waals surface area contributed by atoms with Gasteiger partial charge in [-0.05, 0) is 43.9 Å². The quantitative estimate of drug-likeness (QED) is 0.468. The molecule has 0 spiro atoms. The first-order valence-corrected chi connectivity index (χ1v) is 10.3. The molecule has 0 radical (unpaired) electrons. The summed E-state index contributed by atoms with van der Waals surface area (Å²) in [5.41, 5.74) is 3.68. The Bertz CT molecular complexity index is 1260. The fraction of sp³-hybridized carbons (Fsp3) is 0.333. The molecule has 5 rings (SSSR count). The van der Waals surface area contributed by atoms with E-state index in [-0.39, 0.29) is 18.1 Å². The minimum absolute atomic E-state index is 0.0615. The van der Waals surface area contributed by atoms with E-state index in [4.69, 9.17) is 16.6 Å². The van der Waals surface area contributed by atoms with E-state index in [1.165, 1.54) is 0 Å². The topological polar surface area (TPSA) is 109 Å². The molecule has 3 N–H and O–H groups in total. The van der Waals surface area contributed by atoms with Crippen molar-refractivity contribution in [2.75, 3.05) is 0 Å². The highest BCUT2D eigenvalue weighted by Gasteiger charge is 2.23. The summed E-state index contributed by atoms with van der Waals surface area (Å²) >= 11 is 6.12. The van der Waals surface area contributed by atoms with Crippen LogP contribution in [0.15, 0.2) is 30.6 Å². The Balaban J connectivity index is 1.50. The number of aryl methyl sites for hydroxylation is 1. The molecule has 1 saturated carbocycles. The van der Waals surface area contributed by atoms with E-state index in [1.54, 1.807) is 17.1 Å². The van der Waals surface area contributed by atoms with E-state index in [2.05, 4.69) is 20.4 Å². The average molecular weight is 425 g/mol. The smallest absolute Gasteiger partial charge is 0.255 e. The number of fused-ring (bicyclic) bond motifs is 2. The Hall–Kier alpha value is -2.97. The molecule has 4 aromatic rings. The number of aliphatic hydroxyl groups is 1. The number of hydrogen-bond donors (Lipinski definition) is 3. The zero-order chi connectivity index (χ0) is 20.8. The van der Waals surface area contributed by atoms with E-state index in [0.29, 0.717) is 46.0 Å². The molecule has 1 amide bonds. The number of benzene rings is 1. The van der Waals surface area contributed by atoms with Crippen molar-refractivity contribution < 1.29 is 9.90 Å². The lowest BCUT2D eigenvalue weighted by Crippen LogP contribution is -2.38. The molecule has 30 heavy (non-hydrogen) atoms. The number of nitrogens with zero attached hydrogens (tertiary/aromatic N) is 4. The van der Waals surface area contributed by atoms with Gasteiger partial charge in [-0.25, -0.2) is 9.97 Å². The molecule has 0 bridgehead atoms. The van der Waals surface area contributed by atoms with Gasteiger partial charge in [0, 0.05) is 29.7 Å². The second-order valence-corrected chi connectivity index (χ2v) is 8.20. The lowest BCUT2D eigenvalue weighted by molar-refractivity contribution is 0.0869. The number of amides is 1. The summed E-state index contributed by atoms with van der Waals surface area (Å²) in [5.74, 6) is -0.188. The van der Waals surface area contributed by atoms with Gasteiger partial charge in [-0.3, -0.25) is 9.48 Å². The van der Waals surface area contributed by atoms with Crippen molar-refractivity contribution in [1.82, 2.24) is 30.0 Å². The number of carbonyl (C=O) groups excluding carboxylic acids is 1. The van der Waals surface area contributed by atoms with Crippen LogP contribution in [-0.2, 0) is 7.05 Å². The summed E-state index contributed by atoms with van der Waals surface area (Å²) in [7, 11) is 1.85. The van der Waals surface area contributed by atoms with Crippen LogP contribution in [0.3, 0.4) is 0 Å². The number of aromatic amines is 1. The van der Waals surface area contributed by atoms with Gasteiger partial charge in [0.25, 0.3) is 5.91 Å². The minimum Gasteiger partial charge on any atom is -0.393 e. The Morgan fingerprint density at radius 3 is 2.90 bits per heavy atom. The van der Waals surface area contributed by atoms with Crippen LogP contribution < -0.4 is 5.32 Å². The van der Waals surface area contributed by atoms with Crippen LogP contribution >= 0.6 is 11.6 Å². The first-order valence-electron chi connectivity index (χ1n) is 9.95. The van der Waals surface area contributed by atoms with Crippen molar-refractivity contribution in [3.8, 4) is 11.4 Å². The van der Waals surface area contributed by atoms with Gasteiger partial charge >= 0.3 is 0 Å². The molecule has 154 valence electrons. The summed E-state index contributed by atoms with van der Waals surface area (Å²) in [6, 6.07) is 5.65. The molecule has 1 fully saturated rings. The minimum atomic E-state index is -0.261. The first-order chi connectivity index (χ1) is 14.5. The van der Waals surface area contributed by atoms with E-state index in [9.17, 15) is 9.90 Å². The van der Waals surface area contributed by atoms with Gasteiger partial charge in [-0.1, -0.05) is 11.6 Å². The van der Waals surface area contributed by atoms with Gasteiger partial charge in [-0.15, -0.1) is 0 Å². The monoisotopic (exact) mass is 424 g/mol. The lowest BCUT2D eigenvalue weighted by Gasteiger charge is -2.26. The number of carbonyl (C=O) groups is 1. The van der Waals surface area contributed by atoms with E-state index in [0.717, 1.165) is 23.7 Å². The second-order valence-electron chi connectivity index (χ2n) is 7.77. The molecule has 0 atom stereocenters. The second kappa shape index (κ2) is 7.37. The molecular formula is C21H21ClN6O2. The van der Waals surface area contributed by atoms with Gasteiger partial charge in [0.05, 0.1) is 23.4 Å². The van der Waals surface area contributed by atoms with Crippen molar-refractivity contribution >= 4 is 39.6 Å². The summed E-state index contributed by atoms with van der Waals surface area (Å²) in [4.78, 5) is 25.1.